The van der Waals surface area contributed by atoms with Crippen molar-refractivity contribution in [2.45, 2.75) is 64.0 Å². The number of rotatable bonds is 3. The van der Waals surface area contributed by atoms with E-state index in [-0.39, 0.29) is 11.2 Å². The molecule has 1 fully saturated rings. The maximum absolute atomic E-state index is 13.7. The third-order valence-corrected chi connectivity index (χ3v) is 4.12. The second-order valence-corrected chi connectivity index (χ2v) is 7.62. The number of halogens is 1. The first-order valence-electron chi connectivity index (χ1n) is 7.54. The van der Waals surface area contributed by atoms with E-state index >= 15 is 0 Å². The molecule has 1 aliphatic carbocycles. The van der Waals surface area contributed by atoms with Crippen LogP contribution in [0.15, 0.2) is 18.2 Å². The molecule has 1 aliphatic rings. The molecule has 1 amide bonds. The Hall–Kier alpha value is -1.62. The summed E-state index contributed by atoms with van der Waals surface area (Å²) in [6.45, 7) is 9.25. The molecule has 2 rings (SSSR count). The number of anilines is 1. The van der Waals surface area contributed by atoms with E-state index in [0.29, 0.717) is 5.69 Å². The molecule has 0 atom stereocenters. The van der Waals surface area contributed by atoms with Crippen molar-refractivity contribution in [3.05, 3.63) is 29.6 Å². The number of ether oxygens (including phenoxy) is 1. The first-order valence-corrected chi connectivity index (χ1v) is 7.54. The number of nitrogens with two attached hydrogens (primary N) is 1. The monoisotopic (exact) mass is 308 g/mol. The lowest BCUT2D eigenvalue weighted by Gasteiger charge is -2.33. The Morgan fingerprint density at radius 3 is 2.32 bits per heavy atom. The van der Waals surface area contributed by atoms with E-state index in [1.54, 1.807) is 26.8 Å². The minimum atomic E-state index is -0.589. The van der Waals surface area contributed by atoms with Crippen molar-refractivity contribution >= 4 is 11.8 Å². The molecule has 122 valence electrons. The average molecular weight is 308 g/mol. The molecule has 3 N–H and O–H groups in total. The van der Waals surface area contributed by atoms with Crippen LogP contribution in [0.3, 0.4) is 0 Å². The number of hydrogen-bond donors (Lipinski definition) is 2. The molecule has 0 aliphatic heterocycles. The highest BCUT2D eigenvalue weighted by atomic mass is 19.1. The summed E-state index contributed by atoms with van der Waals surface area (Å²) < 4.78 is 19.0. The smallest absolute Gasteiger partial charge is 0.412 e. The molecular formula is C17H25FN2O2. The Kier molecular flexibility index (Phi) is 3.98. The van der Waals surface area contributed by atoms with Crippen LogP contribution < -0.4 is 11.1 Å². The van der Waals surface area contributed by atoms with E-state index in [1.165, 1.54) is 12.1 Å². The predicted octanol–water partition coefficient (Wildman–Crippen LogP) is 3.94. The average Bonchev–Trinajstić information content (AvgIpc) is 3.09. The summed E-state index contributed by atoms with van der Waals surface area (Å²) in [5.41, 5.74) is 6.21. The lowest BCUT2D eigenvalue weighted by atomic mass is 9.78. The molecule has 0 aromatic heterocycles. The Morgan fingerprint density at radius 2 is 1.86 bits per heavy atom. The first kappa shape index (κ1) is 16.7. The number of benzene rings is 1. The molecule has 0 unspecified atom stereocenters. The van der Waals surface area contributed by atoms with E-state index < -0.39 is 17.2 Å². The highest BCUT2D eigenvalue weighted by Gasteiger charge is 2.55. The molecule has 1 aromatic rings. The summed E-state index contributed by atoms with van der Waals surface area (Å²) in [5.74, 6) is -0.333. The normalized spacial score (nSPS) is 17.0. The van der Waals surface area contributed by atoms with Crippen molar-refractivity contribution in [1.29, 1.82) is 0 Å². The largest absolute Gasteiger partial charge is 0.444 e. The lowest BCUT2D eigenvalue weighted by molar-refractivity contribution is 0.0635. The van der Waals surface area contributed by atoms with Crippen LogP contribution in [0.5, 0.6) is 0 Å². The topological polar surface area (TPSA) is 64.3 Å². The summed E-state index contributed by atoms with van der Waals surface area (Å²) in [7, 11) is 0. The lowest BCUT2D eigenvalue weighted by Crippen LogP contribution is -2.45. The summed E-state index contributed by atoms with van der Waals surface area (Å²) >= 11 is 0. The molecule has 0 bridgehead atoms. The van der Waals surface area contributed by atoms with Gasteiger partial charge in [0.05, 0.1) is 0 Å². The quantitative estimate of drug-likeness (QED) is 0.889. The fourth-order valence-electron chi connectivity index (χ4n) is 2.82. The van der Waals surface area contributed by atoms with Crippen LogP contribution >= 0.6 is 0 Å². The van der Waals surface area contributed by atoms with E-state index in [2.05, 4.69) is 5.32 Å². The highest BCUT2D eigenvalue weighted by molar-refractivity contribution is 5.86. The van der Waals surface area contributed by atoms with Crippen molar-refractivity contribution < 1.29 is 13.9 Å². The predicted molar refractivity (Wildman–Crippen MR) is 85.4 cm³/mol. The molecule has 0 saturated heterocycles. The van der Waals surface area contributed by atoms with Gasteiger partial charge in [0.15, 0.2) is 0 Å². The van der Waals surface area contributed by atoms with Crippen molar-refractivity contribution in [3.63, 3.8) is 0 Å². The van der Waals surface area contributed by atoms with Crippen LogP contribution in [-0.4, -0.2) is 17.2 Å². The highest BCUT2D eigenvalue weighted by Crippen LogP contribution is 2.56. The standard InChI is InChI=1S/C17H25FN2O2/c1-15(2,3)22-14(21)20-13-7-6-11(18)10-12(13)17(8-9-17)16(4,5)19/h6-7,10H,8-9,19H2,1-5H3,(H,20,21). The SMILES string of the molecule is CC(C)(C)OC(=O)Nc1ccc(F)cc1C1(C(C)(C)N)CC1. The molecule has 1 saturated carbocycles. The maximum atomic E-state index is 13.7. The van der Waals surface area contributed by atoms with E-state index in [0.717, 1.165) is 18.4 Å². The Balaban J connectivity index is 2.32. The Morgan fingerprint density at radius 1 is 1.27 bits per heavy atom. The van der Waals surface area contributed by atoms with Crippen LogP contribution in [0.4, 0.5) is 14.9 Å². The van der Waals surface area contributed by atoms with Gasteiger partial charge in [-0.2, -0.15) is 0 Å². The number of hydrogen-bond acceptors (Lipinski definition) is 3. The third-order valence-electron chi connectivity index (χ3n) is 4.12. The summed E-state index contributed by atoms with van der Waals surface area (Å²) in [5, 5.41) is 2.73. The van der Waals surface area contributed by atoms with Gasteiger partial charge < -0.3 is 10.5 Å². The van der Waals surface area contributed by atoms with Gasteiger partial charge in [0.1, 0.15) is 11.4 Å². The zero-order valence-corrected chi connectivity index (χ0v) is 13.9. The molecule has 0 heterocycles. The van der Waals surface area contributed by atoms with Crippen molar-refractivity contribution in [2.24, 2.45) is 5.73 Å². The van der Waals surface area contributed by atoms with Gasteiger partial charge in [0.25, 0.3) is 0 Å². The summed E-state index contributed by atoms with van der Waals surface area (Å²) in [6, 6.07) is 4.37. The molecule has 5 heteroatoms. The van der Waals surface area contributed by atoms with Gasteiger partial charge in [0.2, 0.25) is 0 Å². The minimum Gasteiger partial charge on any atom is -0.444 e. The van der Waals surface area contributed by atoms with Crippen molar-refractivity contribution in [1.82, 2.24) is 0 Å². The van der Waals surface area contributed by atoms with E-state index in [4.69, 9.17) is 10.5 Å². The zero-order chi connectivity index (χ0) is 16.8. The number of carbonyl (C=O) groups excluding carboxylic acids is 1. The molecule has 4 nitrogen and oxygen atoms in total. The fourth-order valence-corrected chi connectivity index (χ4v) is 2.82. The molecule has 22 heavy (non-hydrogen) atoms. The minimum absolute atomic E-state index is 0.306. The van der Waals surface area contributed by atoms with Gasteiger partial charge in [-0.15, -0.1) is 0 Å². The maximum Gasteiger partial charge on any atom is 0.412 e. The van der Waals surface area contributed by atoms with Crippen LogP contribution in [0.1, 0.15) is 53.0 Å². The second-order valence-electron chi connectivity index (χ2n) is 7.62. The second kappa shape index (κ2) is 5.23. The van der Waals surface area contributed by atoms with Crippen LogP contribution in [0.25, 0.3) is 0 Å². The van der Waals surface area contributed by atoms with E-state index in [9.17, 15) is 9.18 Å². The van der Waals surface area contributed by atoms with Crippen LogP contribution in [-0.2, 0) is 10.2 Å². The summed E-state index contributed by atoms with van der Waals surface area (Å²) in [6.07, 6.45) is 1.21. The molecule has 0 spiro atoms. The van der Waals surface area contributed by atoms with Gasteiger partial charge in [-0.05, 0) is 71.2 Å². The number of carbonyl (C=O) groups is 1. The summed E-state index contributed by atoms with van der Waals surface area (Å²) in [4.78, 5) is 12.0. The van der Waals surface area contributed by atoms with Crippen LogP contribution in [0, 0.1) is 5.82 Å². The first-order chi connectivity index (χ1) is 9.95. The van der Waals surface area contributed by atoms with Crippen LogP contribution in [0.2, 0.25) is 0 Å². The Bertz CT molecular complexity index is 581. The van der Waals surface area contributed by atoms with Gasteiger partial charge in [-0.25, -0.2) is 9.18 Å². The van der Waals surface area contributed by atoms with Gasteiger partial charge in [0, 0.05) is 16.6 Å². The van der Waals surface area contributed by atoms with Gasteiger partial charge >= 0.3 is 6.09 Å². The zero-order valence-electron chi connectivity index (χ0n) is 13.9. The molecule has 0 radical (unpaired) electrons. The number of amides is 1. The third kappa shape index (κ3) is 3.40. The fraction of sp³-hybridized carbons (Fsp3) is 0.588. The molecule has 1 aromatic carbocycles. The van der Waals surface area contributed by atoms with Crippen molar-refractivity contribution in [2.75, 3.05) is 5.32 Å². The van der Waals surface area contributed by atoms with Gasteiger partial charge in [-0.3, -0.25) is 5.32 Å². The van der Waals surface area contributed by atoms with Gasteiger partial charge in [-0.1, -0.05) is 0 Å². The Labute approximate surface area is 131 Å². The molecular weight excluding hydrogens is 283 g/mol. The van der Waals surface area contributed by atoms with Crippen molar-refractivity contribution in [3.8, 4) is 0 Å². The number of nitrogens with one attached hydrogen (secondary N) is 1. The van der Waals surface area contributed by atoms with E-state index in [1.807, 2.05) is 13.8 Å².